The van der Waals surface area contributed by atoms with Crippen LogP contribution in [0.3, 0.4) is 0 Å². The number of aliphatic hydroxyl groups excluding tert-OH is 3. The molecule has 0 spiro atoms. The summed E-state index contributed by atoms with van der Waals surface area (Å²) in [6, 6.07) is 0. The molecule has 306 valence electrons. The fourth-order valence-electron chi connectivity index (χ4n) is 7.41. The van der Waals surface area contributed by atoms with Crippen molar-refractivity contribution in [1.82, 2.24) is 0 Å². The van der Waals surface area contributed by atoms with E-state index in [-0.39, 0.29) is 35.9 Å². The van der Waals surface area contributed by atoms with Crippen LogP contribution in [0.5, 0.6) is 0 Å². The Labute approximate surface area is 320 Å². The largest absolute Gasteiger partial charge is 0.490 e. The van der Waals surface area contributed by atoms with Gasteiger partial charge >= 0.3 is 17.9 Å². The third-order valence-electron chi connectivity index (χ3n) is 11.1. The van der Waals surface area contributed by atoms with Crippen molar-refractivity contribution in [2.24, 2.45) is 35.5 Å². The Morgan fingerprint density at radius 2 is 1.72 bits per heavy atom. The Morgan fingerprint density at radius 1 is 1.07 bits per heavy atom. The van der Waals surface area contributed by atoms with Gasteiger partial charge in [-0.25, -0.2) is 14.4 Å². The van der Waals surface area contributed by atoms with Gasteiger partial charge in [-0.2, -0.15) is 0 Å². The van der Waals surface area contributed by atoms with Crippen molar-refractivity contribution in [2.45, 2.75) is 130 Å². The van der Waals surface area contributed by atoms with Crippen molar-refractivity contribution < 1.29 is 63.6 Å². The van der Waals surface area contributed by atoms with Gasteiger partial charge in [-0.15, -0.1) is 0 Å². The van der Waals surface area contributed by atoms with Crippen molar-refractivity contribution in [3.8, 4) is 0 Å². The van der Waals surface area contributed by atoms with E-state index in [1.165, 1.54) is 20.3 Å². The van der Waals surface area contributed by atoms with Gasteiger partial charge < -0.3 is 49.2 Å². The van der Waals surface area contributed by atoms with Gasteiger partial charge in [-0.1, -0.05) is 77.0 Å². The van der Waals surface area contributed by atoms with Gasteiger partial charge in [-0.05, 0) is 45.6 Å². The van der Waals surface area contributed by atoms with E-state index < -0.39 is 78.3 Å². The first kappa shape index (κ1) is 46.8. The predicted octanol–water partition coefficient (Wildman–Crippen LogP) is 4.64. The molecule has 2 aliphatic heterocycles. The van der Waals surface area contributed by atoms with E-state index in [2.05, 4.69) is 0 Å². The second-order valence-corrected chi connectivity index (χ2v) is 15.2. The zero-order chi connectivity index (χ0) is 41.1. The minimum Gasteiger partial charge on any atom is -0.490 e. The minimum absolute atomic E-state index is 0.139. The molecule has 1 fully saturated rings. The zero-order valence-corrected chi connectivity index (χ0v) is 33.7. The van der Waals surface area contributed by atoms with Crippen LogP contribution in [0, 0.1) is 35.5 Å². The lowest BCUT2D eigenvalue weighted by atomic mass is 9.77. The molecule has 0 saturated carbocycles. The van der Waals surface area contributed by atoms with E-state index in [0.717, 1.165) is 11.6 Å². The van der Waals surface area contributed by atoms with Crippen LogP contribution in [0.2, 0.25) is 0 Å². The SMILES string of the molecule is CC[C@@H]1[C@H](O)[C@@H](C)/C=C(C)/C=C(\OC)C(=O)O[C@H]([C@H](C)[C@@H](O)[C@@H](C)[C@@]2(O)C[C@@H](OC(=O)/C=C/C(=O)O)[C@@H](C)[C@@H](C)O2)[C@H](OC)/C=C/C=C(\C)C[C@H](C)[C@H]1O. The molecule has 14 atom stereocenters. The summed E-state index contributed by atoms with van der Waals surface area (Å²) in [5.74, 6) is -8.39. The van der Waals surface area contributed by atoms with Crippen molar-refractivity contribution in [1.29, 1.82) is 0 Å². The Bertz CT molecular complexity index is 1410. The van der Waals surface area contributed by atoms with Crippen LogP contribution in [0.1, 0.15) is 81.6 Å². The number of cyclic esters (lactones) is 1. The number of hydrogen-bond donors (Lipinski definition) is 5. The van der Waals surface area contributed by atoms with Crippen LogP contribution >= 0.6 is 0 Å². The van der Waals surface area contributed by atoms with Gasteiger partial charge in [0.15, 0.2) is 5.79 Å². The number of allylic oxidation sites excluding steroid dienone is 5. The third kappa shape index (κ3) is 12.6. The van der Waals surface area contributed by atoms with Gasteiger partial charge in [0.2, 0.25) is 5.76 Å². The number of carbonyl (C=O) groups is 3. The number of rotatable bonds is 10. The molecule has 2 aliphatic rings. The first-order valence-corrected chi connectivity index (χ1v) is 18.8. The topological polar surface area (TPSA) is 199 Å². The Hall–Kier alpha value is -3.33. The maximum absolute atomic E-state index is 13.7. The van der Waals surface area contributed by atoms with Crippen LogP contribution in [-0.2, 0) is 38.1 Å². The fraction of sp³-hybridized carbons (Fsp3) is 0.683. The van der Waals surface area contributed by atoms with E-state index in [9.17, 15) is 34.8 Å². The van der Waals surface area contributed by atoms with Crippen molar-refractivity contribution in [3.63, 3.8) is 0 Å². The first-order chi connectivity index (χ1) is 25.2. The molecule has 2 heterocycles. The van der Waals surface area contributed by atoms with Gasteiger partial charge in [0.05, 0.1) is 31.5 Å². The molecule has 0 radical (unpaired) electrons. The molecular formula is C41H64O13. The highest BCUT2D eigenvalue weighted by Gasteiger charge is 2.51. The monoisotopic (exact) mass is 764 g/mol. The molecule has 0 aromatic rings. The minimum atomic E-state index is -2.00. The standard InChI is InChI=1S/C41H64O13/c1-12-30-36(45)24(4)18-22(2)14-13-15-31(50-10)39(53-40(48)32(51-11)20-23(3)19-25(5)37(30)46)27(7)38(47)28(8)41(49)21-33(26(6)29(9)54-41)52-35(44)17-16-34(42)43/h13-17,19-20,24-31,33,36-39,45-47,49H,12,18,21H2,1-11H3,(H,42,43)/b15-13+,17-16+,22-14+,23-19+,32-20-/t24-,25-,26-,27+,28+,29+,30-,31+,33+,36+,37+,38+,39+,41+/m0/s1. The number of carbonyl (C=O) groups excluding carboxylic acids is 2. The Balaban J connectivity index is 2.56. The molecule has 0 bridgehead atoms. The molecule has 13 heteroatoms. The van der Waals surface area contributed by atoms with Crippen LogP contribution < -0.4 is 0 Å². The molecule has 2 rings (SSSR count). The average molecular weight is 765 g/mol. The Kier molecular flexibility index (Phi) is 18.3. The van der Waals surface area contributed by atoms with Crippen molar-refractivity contribution >= 4 is 17.9 Å². The van der Waals surface area contributed by atoms with Gasteiger partial charge in [-0.3, -0.25) is 0 Å². The van der Waals surface area contributed by atoms with E-state index in [4.69, 9.17) is 28.8 Å². The summed E-state index contributed by atoms with van der Waals surface area (Å²) >= 11 is 0. The van der Waals surface area contributed by atoms with Crippen LogP contribution in [0.15, 0.2) is 59.4 Å². The van der Waals surface area contributed by atoms with E-state index in [1.807, 2.05) is 33.8 Å². The maximum Gasteiger partial charge on any atom is 0.373 e. The summed E-state index contributed by atoms with van der Waals surface area (Å²) in [5.41, 5.74) is 1.57. The number of methoxy groups -OCH3 is 2. The normalized spacial score (nSPS) is 38.8. The molecule has 0 aliphatic carbocycles. The molecule has 1 saturated heterocycles. The molecule has 0 aromatic heterocycles. The van der Waals surface area contributed by atoms with Crippen LogP contribution in [0.25, 0.3) is 0 Å². The van der Waals surface area contributed by atoms with Crippen LogP contribution in [-0.4, -0.2) is 106 Å². The summed E-state index contributed by atoms with van der Waals surface area (Å²) in [6.07, 6.45) is 4.45. The van der Waals surface area contributed by atoms with E-state index in [1.54, 1.807) is 52.8 Å². The molecule has 5 N–H and O–H groups in total. The number of aliphatic hydroxyl groups is 4. The van der Waals surface area contributed by atoms with E-state index in [0.29, 0.717) is 24.5 Å². The lowest BCUT2D eigenvalue weighted by molar-refractivity contribution is -0.319. The summed E-state index contributed by atoms with van der Waals surface area (Å²) in [4.78, 5) is 37.0. The number of aliphatic carboxylic acids is 1. The summed E-state index contributed by atoms with van der Waals surface area (Å²) in [5, 5.41) is 55.2. The lowest BCUT2D eigenvalue weighted by Crippen LogP contribution is -2.58. The number of hydrogen-bond acceptors (Lipinski definition) is 12. The van der Waals surface area contributed by atoms with Crippen LogP contribution in [0.4, 0.5) is 0 Å². The molecular weight excluding hydrogens is 700 g/mol. The quantitative estimate of drug-likeness (QED) is 0.153. The van der Waals surface area contributed by atoms with Gasteiger partial charge in [0.25, 0.3) is 0 Å². The molecule has 0 aromatic carbocycles. The molecule has 13 nitrogen and oxygen atoms in total. The summed E-state index contributed by atoms with van der Waals surface area (Å²) in [7, 11) is 2.76. The first-order valence-electron chi connectivity index (χ1n) is 18.8. The number of carboxylic acids is 1. The maximum atomic E-state index is 13.7. The number of carboxylic acid groups (broad SMARTS) is 1. The van der Waals surface area contributed by atoms with Gasteiger partial charge in [0, 0.05) is 55.3 Å². The number of ether oxygens (including phenoxy) is 5. The zero-order valence-electron chi connectivity index (χ0n) is 33.7. The summed E-state index contributed by atoms with van der Waals surface area (Å²) in [6.45, 7) is 16.1. The molecule has 54 heavy (non-hydrogen) atoms. The summed E-state index contributed by atoms with van der Waals surface area (Å²) < 4.78 is 28.9. The molecule has 0 unspecified atom stereocenters. The van der Waals surface area contributed by atoms with Crippen molar-refractivity contribution in [2.75, 3.05) is 14.2 Å². The average Bonchev–Trinajstić information content (AvgIpc) is 3.11. The highest BCUT2D eigenvalue weighted by Crippen LogP contribution is 2.41. The van der Waals surface area contributed by atoms with E-state index >= 15 is 0 Å². The van der Waals surface area contributed by atoms with Crippen molar-refractivity contribution in [3.05, 3.63) is 59.4 Å². The Morgan fingerprint density at radius 3 is 2.30 bits per heavy atom. The lowest BCUT2D eigenvalue weighted by Gasteiger charge is -2.48. The smallest absolute Gasteiger partial charge is 0.373 e. The highest BCUT2D eigenvalue weighted by atomic mass is 16.6. The predicted molar refractivity (Wildman–Crippen MR) is 201 cm³/mol. The fourth-order valence-corrected chi connectivity index (χ4v) is 7.41. The molecule has 0 amide bonds. The number of esters is 2. The third-order valence-corrected chi connectivity index (χ3v) is 11.1. The second-order valence-electron chi connectivity index (χ2n) is 15.2. The highest BCUT2D eigenvalue weighted by molar-refractivity contribution is 5.90. The van der Waals surface area contributed by atoms with Gasteiger partial charge in [0.1, 0.15) is 18.3 Å². The second kappa shape index (κ2) is 21.1.